The van der Waals surface area contributed by atoms with Gasteiger partial charge in [0.15, 0.2) is 10.6 Å². The second-order valence-corrected chi connectivity index (χ2v) is 8.08. The molecule has 29 heavy (non-hydrogen) atoms. The number of hydrogen-bond donors (Lipinski definition) is 3. The Hall–Kier alpha value is -3.24. The molecule has 3 N–H and O–H groups in total. The molecule has 0 saturated carbocycles. The molecule has 3 rings (SSSR count). The Morgan fingerprint density at radius 1 is 1.17 bits per heavy atom. The van der Waals surface area contributed by atoms with Gasteiger partial charge in [-0.15, -0.1) is 0 Å². The van der Waals surface area contributed by atoms with Gasteiger partial charge in [0.05, 0.1) is 12.0 Å². The van der Waals surface area contributed by atoms with Crippen LogP contribution in [0, 0.1) is 4.77 Å². The zero-order valence-corrected chi connectivity index (χ0v) is 17.1. The summed E-state index contributed by atoms with van der Waals surface area (Å²) in [6.07, 6.45) is 1.51. The molecular formula is C19H19N5O3S2. The first-order valence-corrected chi connectivity index (χ1v) is 10.5. The fourth-order valence-corrected chi connectivity index (χ4v) is 3.44. The third-order valence-electron chi connectivity index (χ3n) is 4.03. The highest BCUT2D eigenvalue weighted by atomic mass is 32.2. The molecule has 0 radical (unpaired) electrons. The number of nitrogens with one attached hydrogen (secondary N) is 3. The molecule has 2 aromatic carbocycles. The summed E-state index contributed by atoms with van der Waals surface area (Å²) in [6.45, 7) is 0.209. The van der Waals surface area contributed by atoms with Crippen LogP contribution in [0.4, 0.5) is 5.69 Å². The molecule has 1 heterocycles. The molecule has 10 heteroatoms. The normalized spacial score (nSPS) is 11.5. The molecule has 0 saturated heterocycles. The van der Waals surface area contributed by atoms with E-state index in [1.54, 1.807) is 23.7 Å². The van der Waals surface area contributed by atoms with Crippen molar-refractivity contribution in [3.05, 3.63) is 81.7 Å². The fourth-order valence-electron chi connectivity index (χ4n) is 2.42. The van der Waals surface area contributed by atoms with Gasteiger partial charge in [-0.2, -0.15) is 5.10 Å². The maximum Gasteiger partial charge on any atom is 0.255 e. The van der Waals surface area contributed by atoms with E-state index >= 15 is 0 Å². The summed E-state index contributed by atoms with van der Waals surface area (Å²) >= 11 is 5.02. The third kappa shape index (κ3) is 5.62. The third-order valence-corrected chi connectivity index (χ3v) is 5.41. The highest BCUT2D eigenvalue weighted by Crippen LogP contribution is 2.13. The van der Waals surface area contributed by atoms with Crippen molar-refractivity contribution in [1.29, 1.82) is 0 Å². The van der Waals surface area contributed by atoms with Crippen LogP contribution in [0.15, 0.2) is 60.0 Å². The van der Waals surface area contributed by atoms with E-state index in [1.165, 1.54) is 30.3 Å². The molecule has 1 amide bonds. The van der Waals surface area contributed by atoms with Crippen molar-refractivity contribution in [2.45, 2.75) is 6.54 Å². The van der Waals surface area contributed by atoms with Gasteiger partial charge in [-0.25, -0.2) is 8.42 Å². The minimum Gasteiger partial charge on any atom is -0.345 e. The topological polar surface area (TPSA) is 109 Å². The predicted molar refractivity (Wildman–Crippen MR) is 114 cm³/mol. The summed E-state index contributed by atoms with van der Waals surface area (Å²) in [4.78, 5) is 12.3. The van der Waals surface area contributed by atoms with Gasteiger partial charge < -0.3 is 9.88 Å². The Balaban J connectivity index is 1.60. The summed E-state index contributed by atoms with van der Waals surface area (Å²) in [6, 6.07) is 15.2. The zero-order chi connectivity index (χ0) is 20.9. The molecule has 0 unspecified atom stereocenters. The minimum absolute atomic E-state index is 0.209. The van der Waals surface area contributed by atoms with E-state index in [4.69, 9.17) is 12.2 Å². The van der Waals surface area contributed by atoms with Gasteiger partial charge in [0, 0.05) is 18.3 Å². The standard InChI is InChI=1S/C19H19N5O3S2/c1-24-17(21-22-19(24)28)13-20-18(25)15-7-9-16(10-8-15)23-29(26,27)12-11-14-5-3-2-4-6-14/h2-12,23H,13H2,1H3,(H,20,25)(H,22,28)/b12-11+. The zero-order valence-electron chi connectivity index (χ0n) is 15.5. The van der Waals surface area contributed by atoms with E-state index < -0.39 is 10.0 Å². The lowest BCUT2D eigenvalue weighted by molar-refractivity contribution is 0.0949. The number of aromatic nitrogens is 3. The number of sulfonamides is 1. The predicted octanol–water partition coefficient (Wildman–Crippen LogP) is 2.82. The van der Waals surface area contributed by atoms with E-state index in [9.17, 15) is 13.2 Å². The smallest absolute Gasteiger partial charge is 0.255 e. The Bertz CT molecular complexity index is 1180. The molecule has 0 aliphatic heterocycles. The number of nitrogens with zero attached hydrogens (tertiary/aromatic N) is 2. The van der Waals surface area contributed by atoms with Crippen LogP contribution in [-0.4, -0.2) is 29.1 Å². The van der Waals surface area contributed by atoms with Gasteiger partial charge in [-0.3, -0.25) is 14.6 Å². The van der Waals surface area contributed by atoms with Crippen LogP contribution < -0.4 is 10.0 Å². The van der Waals surface area contributed by atoms with Crippen molar-refractivity contribution in [3.63, 3.8) is 0 Å². The lowest BCUT2D eigenvalue weighted by atomic mass is 10.2. The van der Waals surface area contributed by atoms with E-state index in [0.717, 1.165) is 11.0 Å². The van der Waals surface area contributed by atoms with Crippen molar-refractivity contribution in [3.8, 4) is 0 Å². The van der Waals surface area contributed by atoms with Crippen LogP contribution in [0.3, 0.4) is 0 Å². The van der Waals surface area contributed by atoms with Crippen LogP contribution in [0.2, 0.25) is 0 Å². The van der Waals surface area contributed by atoms with Gasteiger partial charge in [0.25, 0.3) is 15.9 Å². The van der Waals surface area contributed by atoms with Crippen LogP contribution in [-0.2, 0) is 23.6 Å². The Labute approximate surface area is 173 Å². The van der Waals surface area contributed by atoms with Crippen molar-refractivity contribution in [2.24, 2.45) is 7.05 Å². The van der Waals surface area contributed by atoms with Crippen LogP contribution >= 0.6 is 12.2 Å². The number of aromatic amines is 1. The average molecular weight is 430 g/mol. The van der Waals surface area contributed by atoms with Crippen molar-refractivity contribution in [1.82, 2.24) is 20.1 Å². The summed E-state index contributed by atoms with van der Waals surface area (Å²) in [5.74, 6) is 0.287. The number of carbonyl (C=O) groups excluding carboxylic acids is 1. The summed E-state index contributed by atoms with van der Waals surface area (Å²) < 4.78 is 29.0. The molecule has 1 aromatic heterocycles. The highest BCUT2D eigenvalue weighted by Gasteiger charge is 2.10. The molecule has 3 aromatic rings. The Morgan fingerprint density at radius 3 is 2.48 bits per heavy atom. The van der Waals surface area contributed by atoms with Gasteiger partial charge in [0.2, 0.25) is 0 Å². The number of benzene rings is 2. The number of anilines is 1. The number of amides is 1. The van der Waals surface area contributed by atoms with Gasteiger partial charge in [0.1, 0.15) is 0 Å². The number of carbonyl (C=O) groups is 1. The number of H-pyrrole nitrogens is 1. The van der Waals surface area contributed by atoms with Crippen molar-refractivity contribution in [2.75, 3.05) is 4.72 Å². The molecule has 0 fully saturated rings. The fraction of sp³-hybridized carbons (Fsp3) is 0.105. The summed E-state index contributed by atoms with van der Waals surface area (Å²) in [5, 5.41) is 10.5. The van der Waals surface area contributed by atoms with E-state index in [1.807, 2.05) is 18.2 Å². The lowest BCUT2D eigenvalue weighted by Crippen LogP contribution is -2.24. The van der Waals surface area contributed by atoms with E-state index in [2.05, 4.69) is 20.2 Å². The lowest BCUT2D eigenvalue weighted by Gasteiger charge is -2.07. The number of hydrogen-bond acceptors (Lipinski definition) is 5. The molecular weight excluding hydrogens is 410 g/mol. The SMILES string of the molecule is Cn1c(CNC(=O)c2ccc(NS(=O)(=O)/C=C/c3ccccc3)cc2)n[nH]c1=S. The second-order valence-electron chi connectivity index (χ2n) is 6.12. The molecule has 0 aliphatic rings. The van der Waals surface area contributed by atoms with Gasteiger partial charge in [-0.1, -0.05) is 30.3 Å². The molecule has 0 aliphatic carbocycles. The second kappa shape index (κ2) is 8.84. The summed E-state index contributed by atoms with van der Waals surface area (Å²) in [7, 11) is -1.92. The van der Waals surface area contributed by atoms with Crippen LogP contribution in [0.25, 0.3) is 6.08 Å². The molecule has 150 valence electrons. The monoisotopic (exact) mass is 429 g/mol. The quantitative estimate of drug-likeness (QED) is 0.501. The van der Waals surface area contributed by atoms with Crippen LogP contribution in [0.5, 0.6) is 0 Å². The first-order valence-electron chi connectivity index (χ1n) is 8.58. The van der Waals surface area contributed by atoms with E-state index in [0.29, 0.717) is 21.8 Å². The van der Waals surface area contributed by atoms with Crippen LogP contribution in [0.1, 0.15) is 21.7 Å². The number of rotatable bonds is 7. The van der Waals surface area contributed by atoms with Crippen molar-refractivity contribution < 1.29 is 13.2 Å². The molecule has 0 bridgehead atoms. The van der Waals surface area contributed by atoms with Crippen molar-refractivity contribution >= 4 is 39.9 Å². The first-order chi connectivity index (χ1) is 13.8. The summed E-state index contributed by atoms with van der Waals surface area (Å²) in [5.41, 5.74) is 1.52. The average Bonchev–Trinajstić information content (AvgIpc) is 3.04. The van der Waals surface area contributed by atoms with E-state index in [-0.39, 0.29) is 12.5 Å². The first kappa shape index (κ1) is 20.5. The highest BCUT2D eigenvalue weighted by molar-refractivity contribution is 7.95. The molecule has 0 atom stereocenters. The Morgan fingerprint density at radius 2 is 1.86 bits per heavy atom. The Kier molecular flexibility index (Phi) is 6.25. The maximum atomic E-state index is 12.3. The maximum absolute atomic E-state index is 12.3. The largest absolute Gasteiger partial charge is 0.345 e. The molecule has 0 spiro atoms. The minimum atomic E-state index is -3.67. The molecule has 8 nitrogen and oxygen atoms in total. The van der Waals surface area contributed by atoms with Gasteiger partial charge >= 0.3 is 0 Å². The van der Waals surface area contributed by atoms with Gasteiger partial charge in [-0.05, 0) is 48.1 Å².